The molecule has 6 N–H and O–H groups in total. The molecule has 1 heterocycles. The molecule has 384 valence electrons. The zero-order chi connectivity index (χ0) is 47.3. The number of allylic oxidation sites excluding steroid dienone is 3. The highest BCUT2D eigenvalue weighted by Crippen LogP contribution is 2.23. The van der Waals surface area contributed by atoms with Crippen molar-refractivity contribution in [3.05, 3.63) is 24.3 Å². The van der Waals surface area contributed by atoms with Gasteiger partial charge in [0, 0.05) is 6.42 Å². The maximum atomic E-state index is 12.9. The van der Waals surface area contributed by atoms with Gasteiger partial charge < -0.3 is 40.3 Å². The summed E-state index contributed by atoms with van der Waals surface area (Å²) in [6.07, 6.45) is 51.3. The second-order valence-corrected chi connectivity index (χ2v) is 19.7. The van der Waals surface area contributed by atoms with Crippen molar-refractivity contribution in [2.24, 2.45) is 0 Å². The Hall–Kier alpha value is -1.33. The van der Waals surface area contributed by atoms with Crippen molar-refractivity contribution < 1.29 is 39.8 Å². The van der Waals surface area contributed by atoms with Crippen molar-refractivity contribution >= 4 is 5.91 Å². The molecular weight excluding hydrogens is 815 g/mol. The van der Waals surface area contributed by atoms with Crippen molar-refractivity contribution in [3.63, 3.8) is 0 Å². The lowest BCUT2D eigenvalue weighted by Crippen LogP contribution is -2.60. The third-order valence-electron chi connectivity index (χ3n) is 13.5. The molecule has 0 bridgehead atoms. The fourth-order valence-electron chi connectivity index (χ4n) is 9.02. The van der Waals surface area contributed by atoms with Crippen LogP contribution >= 0.6 is 0 Å². The molecule has 1 saturated heterocycles. The van der Waals surface area contributed by atoms with Gasteiger partial charge in [-0.1, -0.05) is 250 Å². The number of unbranched alkanes of at least 4 members (excludes halogenated alkanes) is 36. The SMILES string of the molecule is CCCC/C=C\CCCCCCCC(=O)NC(COC1OC(CO)C(O)C(O)C1O)C(O)/C=C/CCCCCCCCCCCCCCCCCCCCCCCCCCCCCCC. The third kappa shape index (κ3) is 36.3. The number of amides is 1. The highest BCUT2D eigenvalue weighted by molar-refractivity contribution is 5.76. The minimum absolute atomic E-state index is 0.186. The maximum absolute atomic E-state index is 12.9. The lowest BCUT2D eigenvalue weighted by molar-refractivity contribution is -0.302. The summed E-state index contributed by atoms with van der Waals surface area (Å²) in [6, 6.07) is -0.806. The highest BCUT2D eigenvalue weighted by Gasteiger charge is 2.44. The van der Waals surface area contributed by atoms with Gasteiger partial charge in [0.2, 0.25) is 5.91 Å². The van der Waals surface area contributed by atoms with Crippen molar-refractivity contribution in [2.45, 2.75) is 314 Å². The number of ether oxygens (including phenoxy) is 2. The van der Waals surface area contributed by atoms with Crippen LogP contribution in [0.1, 0.15) is 271 Å². The number of carbonyl (C=O) groups excluding carboxylic acids is 1. The molecule has 65 heavy (non-hydrogen) atoms. The minimum Gasteiger partial charge on any atom is -0.394 e. The lowest BCUT2D eigenvalue weighted by Gasteiger charge is -2.40. The number of carbonyl (C=O) groups is 1. The van der Waals surface area contributed by atoms with Gasteiger partial charge in [-0.15, -0.1) is 0 Å². The normalized spacial score (nSPS) is 20.0. The predicted octanol–water partition coefficient (Wildman–Crippen LogP) is 13.4. The average molecular weight is 922 g/mol. The first-order valence-corrected chi connectivity index (χ1v) is 28.1. The first-order valence-electron chi connectivity index (χ1n) is 28.1. The number of hydrogen-bond acceptors (Lipinski definition) is 8. The summed E-state index contributed by atoms with van der Waals surface area (Å²) in [6.45, 7) is 3.75. The van der Waals surface area contributed by atoms with E-state index in [0.29, 0.717) is 6.42 Å². The summed E-state index contributed by atoms with van der Waals surface area (Å²) in [4.78, 5) is 12.9. The van der Waals surface area contributed by atoms with E-state index < -0.39 is 49.5 Å². The van der Waals surface area contributed by atoms with Crippen LogP contribution in [-0.2, 0) is 14.3 Å². The zero-order valence-corrected chi connectivity index (χ0v) is 42.5. The van der Waals surface area contributed by atoms with Crippen LogP contribution in [0.2, 0.25) is 0 Å². The minimum atomic E-state index is -1.57. The van der Waals surface area contributed by atoms with Gasteiger partial charge in [0.1, 0.15) is 24.4 Å². The van der Waals surface area contributed by atoms with Crippen LogP contribution in [0.3, 0.4) is 0 Å². The Morgan fingerprint density at radius 2 is 0.877 bits per heavy atom. The van der Waals surface area contributed by atoms with Gasteiger partial charge in [-0.2, -0.15) is 0 Å². The highest BCUT2D eigenvalue weighted by atomic mass is 16.7. The van der Waals surface area contributed by atoms with Crippen molar-refractivity contribution in [1.29, 1.82) is 0 Å². The molecule has 0 aliphatic carbocycles. The topological polar surface area (TPSA) is 149 Å². The Bertz CT molecular complexity index is 1070. The van der Waals surface area contributed by atoms with Gasteiger partial charge in [-0.25, -0.2) is 0 Å². The summed E-state index contributed by atoms with van der Waals surface area (Å²) in [5.74, 6) is -0.186. The predicted molar refractivity (Wildman–Crippen MR) is 272 cm³/mol. The summed E-state index contributed by atoms with van der Waals surface area (Å²) in [7, 11) is 0. The van der Waals surface area contributed by atoms with E-state index in [2.05, 4.69) is 31.3 Å². The second kappa shape index (κ2) is 46.4. The van der Waals surface area contributed by atoms with E-state index in [9.17, 15) is 30.3 Å². The molecule has 0 radical (unpaired) electrons. The molecule has 9 nitrogen and oxygen atoms in total. The maximum Gasteiger partial charge on any atom is 0.220 e. The van der Waals surface area contributed by atoms with Crippen LogP contribution in [0.5, 0.6) is 0 Å². The van der Waals surface area contributed by atoms with Gasteiger partial charge >= 0.3 is 0 Å². The largest absolute Gasteiger partial charge is 0.394 e. The fraction of sp³-hybridized carbons (Fsp3) is 0.911. The van der Waals surface area contributed by atoms with Crippen LogP contribution in [0, 0.1) is 0 Å². The Labute approximate surface area is 400 Å². The molecule has 1 amide bonds. The van der Waals surface area contributed by atoms with Gasteiger partial charge in [0.15, 0.2) is 6.29 Å². The van der Waals surface area contributed by atoms with Crippen molar-refractivity contribution in [3.8, 4) is 0 Å². The van der Waals surface area contributed by atoms with Crippen LogP contribution in [0.25, 0.3) is 0 Å². The molecule has 1 rings (SSSR count). The molecule has 0 saturated carbocycles. The van der Waals surface area contributed by atoms with Gasteiger partial charge in [0.25, 0.3) is 0 Å². The van der Waals surface area contributed by atoms with Crippen molar-refractivity contribution in [1.82, 2.24) is 5.32 Å². The Morgan fingerprint density at radius 3 is 1.29 bits per heavy atom. The summed E-state index contributed by atoms with van der Waals surface area (Å²) < 4.78 is 11.2. The lowest BCUT2D eigenvalue weighted by atomic mass is 9.99. The molecule has 0 aromatic carbocycles. The average Bonchev–Trinajstić information content (AvgIpc) is 3.31. The smallest absolute Gasteiger partial charge is 0.220 e. The monoisotopic (exact) mass is 922 g/mol. The summed E-state index contributed by atoms with van der Waals surface area (Å²) in [5.41, 5.74) is 0. The Kier molecular flexibility index (Phi) is 44.0. The van der Waals surface area contributed by atoms with E-state index in [1.165, 1.54) is 186 Å². The second-order valence-electron chi connectivity index (χ2n) is 19.7. The summed E-state index contributed by atoms with van der Waals surface area (Å²) in [5, 5.41) is 54.3. The summed E-state index contributed by atoms with van der Waals surface area (Å²) >= 11 is 0. The van der Waals surface area contributed by atoms with E-state index in [-0.39, 0.29) is 12.5 Å². The van der Waals surface area contributed by atoms with E-state index >= 15 is 0 Å². The molecule has 7 atom stereocenters. The molecule has 1 aliphatic rings. The molecule has 7 unspecified atom stereocenters. The number of aliphatic hydroxyl groups is 5. The molecule has 0 aromatic heterocycles. The van der Waals surface area contributed by atoms with E-state index in [4.69, 9.17) is 9.47 Å². The third-order valence-corrected chi connectivity index (χ3v) is 13.5. The van der Waals surface area contributed by atoms with Crippen LogP contribution < -0.4 is 5.32 Å². The standard InChI is InChI=1S/C56H107NO8/c1-3-5-7-9-11-13-15-16-17-18-19-20-21-22-23-24-25-26-27-28-29-30-31-32-33-34-36-37-39-41-43-45-50(59)49(48-64-56-55(63)54(62)53(61)51(47-58)65-56)57-52(60)46-44-42-40-38-35-14-12-10-8-6-4-2/h10,12,43,45,49-51,53-56,58-59,61-63H,3-9,11,13-42,44,46-48H2,1-2H3,(H,57,60)/b12-10-,45-43+. The Balaban J connectivity index is 2.13. The number of aliphatic hydroxyl groups excluding tert-OH is 5. The fourth-order valence-corrected chi connectivity index (χ4v) is 9.02. The van der Waals surface area contributed by atoms with Gasteiger partial charge in [-0.05, 0) is 38.5 Å². The molecule has 0 spiro atoms. The molecule has 0 aromatic rings. The van der Waals surface area contributed by atoms with Gasteiger partial charge in [-0.3, -0.25) is 4.79 Å². The Morgan fingerprint density at radius 1 is 0.508 bits per heavy atom. The van der Waals surface area contributed by atoms with E-state index in [1.54, 1.807) is 6.08 Å². The molecule has 1 aliphatic heterocycles. The van der Waals surface area contributed by atoms with Crippen LogP contribution in [0.4, 0.5) is 0 Å². The van der Waals surface area contributed by atoms with E-state index in [0.717, 1.165) is 64.2 Å². The molecule has 1 fully saturated rings. The quantitative estimate of drug-likeness (QED) is 0.0261. The first kappa shape index (κ1) is 61.7. The van der Waals surface area contributed by atoms with Crippen molar-refractivity contribution in [2.75, 3.05) is 13.2 Å². The molecular formula is C56H107NO8. The molecule has 9 heteroatoms. The number of rotatable bonds is 48. The van der Waals surface area contributed by atoms with E-state index in [1.807, 2.05) is 6.08 Å². The van der Waals surface area contributed by atoms with Crippen LogP contribution in [0.15, 0.2) is 24.3 Å². The first-order chi connectivity index (χ1) is 31.8. The van der Waals surface area contributed by atoms with Crippen LogP contribution in [-0.4, -0.2) is 87.5 Å². The van der Waals surface area contributed by atoms with Gasteiger partial charge in [0.05, 0.1) is 25.4 Å². The zero-order valence-electron chi connectivity index (χ0n) is 42.5. The number of nitrogens with one attached hydrogen (secondary N) is 1. The number of hydrogen-bond donors (Lipinski definition) is 6.